The number of alkyl carbamates (subject to hydrolysis) is 1. The predicted octanol–water partition coefficient (Wildman–Crippen LogP) is 2.41. The minimum atomic E-state index is -0.424. The molecule has 0 heterocycles. The largest absolute Gasteiger partial charge is 0.446 e. The molecule has 0 bridgehead atoms. The minimum Gasteiger partial charge on any atom is -0.446 e. The van der Waals surface area contributed by atoms with Crippen LogP contribution in [0.1, 0.15) is 52.9 Å². The van der Waals surface area contributed by atoms with E-state index in [1.54, 1.807) is 0 Å². The Morgan fingerprint density at radius 1 is 1.38 bits per heavy atom. The molecular formula is C12H21NO3. The molecule has 4 heteroatoms. The fourth-order valence-corrected chi connectivity index (χ4v) is 1.74. The van der Waals surface area contributed by atoms with Crippen molar-refractivity contribution >= 4 is 11.9 Å². The van der Waals surface area contributed by atoms with Crippen LogP contribution in [-0.2, 0) is 9.53 Å². The molecule has 0 aromatic carbocycles. The van der Waals surface area contributed by atoms with Crippen molar-refractivity contribution in [2.45, 2.75) is 64.5 Å². The van der Waals surface area contributed by atoms with Gasteiger partial charge in [0.25, 0.3) is 0 Å². The number of rotatable bonds is 1. The maximum absolute atomic E-state index is 11.5. The molecule has 1 unspecified atom stereocenters. The summed E-state index contributed by atoms with van der Waals surface area (Å²) in [5, 5.41) is 2.73. The molecule has 1 aliphatic carbocycles. The summed E-state index contributed by atoms with van der Waals surface area (Å²) in [7, 11) is 0. The van der Waals surface area contributed by atoms with Gasteiger partial charge in [-0.15, -0.1) is 0 Å². The number of carbonyl (C=O) groups is 2. The summed E-state index contributed by atoms with van der Waals surface area (Å²) in [6, 6.07) is 0. The Morgan fingerprint density at radius 2 is 2.06 bits per heavy atom. The van der Waals surface area contributed by atoms with Gasteiger partial charge in [0.05, 0.1) is 0 Å². The lowest BCUT2D eigenvalue weighted by molar-refractivity contribution is -0.120. The molecule has 1 rings (SSSR count). The van der Waals surface area contributed by atoms with Gasteiger partial charge in [0.2, 0.25) is 0 Å². The smallest absolute Gasteiger partial charge is 0.407 e. The van der Waals surface area contributed by atoms with E-state index in [2.05, 4.69) is 5.32 Å². The number of ketones is 1. The monoisotopic (exact) mass is 227 g/mol. The number of nitrogens with one attached hydrogen (secondary N) is 1. The van der Waals surface area contributed by atoms with Crippen LogP contribution in [0, 0.1) is 0 Å². The van der Waals surface area contributed by atoms with Gasteiger partial charge in [0, 0.05) is 18.4 Å². The van der Waals surface area contributed by atoms with E-state index in [-0.39, 0.29) is 17.4 Å². The molecule has 1 fully saturated rings. The van der Waals surface area contributed by atoms with Gasteiger partial charge in [-0.1, -0.05) is 0 Å². The second kappa shape index (κ2) is 5.32. The van der Waals surface area contributed by atoms with Crippen LogP contribution in [0.25, 0.3) is 0 Å². The Morgan fingerprint density at radius 3 is 2.69 bits per heavy atom. The predicted molar refractivity (Wildman–Crippen MR) is 61.2 cm³/mol. The van der Waals surface area contributed by atoms with E-state index in [0.717, 1.165) is 19.3 Å². The first-order valence-corrected chi connectivity index (χ1v) is 5.87. The summed E-state index contributed by atoms with van der Waals surface area (Å²) in [4.78, 5) is 22.8. The molecule has 1 atom stereocenters. The lowest BCUT2D eigenvalue weighted by Gasteiger charge is -2.22. The van der Waals surface area contributed by atoms with Crippen molar-refractivity contribution in [2.24, 2.45) is 0 Å². The van der Waals surface area contributed by atoms with E-state index < -0.39 is 6.09 Å². The van der Waals surface area contributed by atoms with E-state index in [9.17, 15) is 9.59 Å². The standard InChI is InChI=1S/C12H21NO3/c1-12(2,3)13-11(15)16-10-7-5-4-6-9(14)8-10/h10H,4-8H2,1-3H3,(H,13,15). The molecule has 0 aliphatic heterocycles. The van der Waals surface area contributed by atoms with Gasteiger partial charge in [-0.25, -0.2) is 4.79 Å². The van der Waals surface area contributed by atoms with Crippen LogP contribution in [0.4, 0.5) is 4.79 Å². The fourth-order valence-electron chi connectivity index (χ4n) is 1.74. The molecule has 1 N–H and O–H groups in total. The molecule has 1 amide bonds. The maximum Gasteiger partial charge on any atom is 0.407 e. The van der Waals surface area contributed by atoms with Crippen molar-refractivity contribution in [3.8, 4) is 0 Å². The normalized spacial score (nSPS) is 22.4. The van der Waals surface area contributed by atoms with Crippen molar-refractivity contribution in [1.29, 1.82) is 0 Å². The van der Waals surface area contributed by atoms with E-state index in [0.29, 0.717) is 12.8 Å². The molecule has 92 valence electrons. The van der Waals surface area contributed by atoms with Crippen LogP contribution in [0.3, 0.4) is 0 Å². The van der Waals surface area contributed by atoms with Gasteiger partial charge in [0.1, 0.15) is 11.9 Å². The molecule has 1 aliphatic rings. The summed E-state index contributed by atoms with van der Waals surface area (Å²) in [5.41, 5.74) is -0.300. The van der Waals surface area contributed by atoms with Crippen LogP contribution < -0.4 is 5.32 Å². The van der Waals surface area contributed by atoms with Gasteiger partial charge in [-0.2, -0.15) is 0 Å². The summed E-state index contributed by atoms with van der Waals surface area (Å²) in [5.74, 6) is 0.200. The molecular weight excluding hydrogens is 206 g/mol. The fraction of sp³-hybridized carbons (Fsp3) is 0.833. The number of Topliss-reactive ketones (excluding diaryl/α,β-unsaturated/α-hetero) is 1. The highest BCUT2D eigenvalue weighted by Crippen LogP contribution is 2.18. The van der Waals surface area contributed by atoms with Gasteiger partial charge in [-0.05, 0) is 40.0 Å². The summed E-state index contributed by atoms with van der Waals surface area (Å²) >= 11 is 0. The summed E-state index contributed by atoms with van der Waals surface area (Å²) in [6.07, 6.45) is 3.00. The highest BCUT2D eigenvalue weighted by atomic mass is 16.6. The van der Waals surface area contributed by atoms with Crippen molar-refractivity contribution in [2.75, 3.05) is 0 Å². The Balaban J connectivity index is 2.40. The molecule has 0 radical (unpaired) electrons. The van der Waals surface area contributed by atoms with Gasteiger partial charge >= 0.3 is 6.09 Å². The number of carbonyl (C=O) groups excluding carboxylic acids is 2. The summed E-state index contributed by atoms with van der Waals surface area (Å²) < 4.78 is 5.25. The Bertz CT molecular complexity index is 268. The first-order valence-electron chi connectivity index (χ1n) is 5.87. The van der Waals surface area contributed by atoms with Crippen molar-refractivity contribution in [3.05, 3.63) is 0 Å². The molecule has 4 nitrogen and oxygen atoms in total. The zero-order valence-electron chi connectivity index (χ0n) is 10.3. The van der Waals surface area contributed by atoms with E-state index >= 15 is 0 Å². The first kappa shape index (κ1) is 13.0. The average Bonchev–Trinajstić information content (AvgIpc) is 2.26. The zero-order valence-corrected chi connectivity index (χ0v) is 10.3. The SMILES string of the molecule is CC(C)(C)NC(=O)OC1CCCCC(=O)C1. The molecule has 0 saturated heterocycles. The van der Waals surface area contributed by atoms with Gasteiger partial charge in [-0.3, -0.25) is 4.79 Å². The summed E-state index contributed by atoms with van der Waals surface area (Å²) in [6.45, 7) is 5.69. The van der Waals surface area contributed by atoms with E-state index in [1.165, 1.54) is 0 Å². The molecule has 0 aromatic heterocycles. The number of ether oxygens (including phenoxy) is 1. The molecule has 1 saturated carbocycles. The maximum atomic E-state index is 11.5. The van der Waals surface area contributed by atoms with Crippen LogP contribution in [-0.4, -0.2) is 23.5 Å². The highest BCUT2D eigenvalue weighted by molar-refractivity contribution is 5.79. The second-order valence-corrected chi connectivity index (χ2v) is 5.39. The Labute approximate surface area is 96.7 Å². The van der Waals surface area contributed by atoms with Gasteiger partial charge < -0.3 is 10.1 Å². The van der Waals surface area contributed by atoms with Crippen LogP contribution in [0.5, 0.6) is 0 Å². The van der Waals surface area contributed by atoms with Gasteiger partial charge in [0.15, 0.2) is 0 Å². The number of hydrogen-bond donors (Lipinski definition) is 1. The zero-order chi connectivity index (χ0) is 12.2. The molecule has 0 spiro atoms. The lowest BCUT2D eigenvalue weighted by atomic mass is 10.1. The third-order valence-electron chi connectivity index (χ3n) is 2.44. The molecule has 16 heavy (non-hydrogen) atoms. The van der Waals surface area contributed by atoms with E-state index in [4.69, 9.17) is 4.74 Å². The average molecular weight is 227 g/mol. The van der Waals surface area contributed by atoms with Crippen LogP contribution >= 0.6 is 0 Å². The minimum absolute atomic E-state index is 0.200. The number of hydrogen-bond acceptors (Lipinski definition) is 3. The highest BCUT2D eigenvalue weighted by Gasteiger charge is 2.23. The quantitative estimate of drug-likeness (QED) is 0.700. The topological polar surface area (TPSA) is 55.4 Å². The second-order valence-electron chi connectivity index (χ2n) is 5.39. The Kier molecular flexibility index (Phi) is 4.33. The first-order chi connectivity index (χ1) is 7.37. The van der Waals surface area contributed by atoms with Crippen LogP contribution in [0.15, 0.2) is 0 Å². The number of amides is 1. The van der Waals surface area contributed by atoms with Crippen molar-refractivity contribution < 1.29 is 14.3 Å². The Hall–Kier alpha value is -1.06. The molecule has 0 aromatic rings. The van der Waals surface area contributed by atoms with E-state index in [1.807, 2.05) is 20.8 Å². The van der Waals surface area contributed by atoms with Crippen molar-refractivity contribution in [3.63, 3.8) is 0 Å². The van der Waals surface area contributed by atoms with Crippen LogP contribution in [0.2, 0.25) is 0 Å². The third kappa shape index (κ3) is 5.14. The third-order valence-corrected chi connectivity index (χ3v) is 2.44. The van der Waals surface area contributed by atoms with Crippen molar-refractivity contribution in [1.82, 2.24) is 5.32 Å². The lowest BCUT2D eigenvalue weighted by Crippen LogP contribution is -2.42.